The van der Waals surface area contributed by atoms with Gasteiger partial charge in [-0.2, -0.15) is 0 Å². The van der Waals surface area contributed by atoms with Crippen molar-refractivity contribution in [3.05, 3.63) is 143 Å². The molecule has 0 bridgehead atoms. The highest BCUT2D eigenvalue weighted by Gasteiger charge is 2.25. The van der Waals surface area contributed by atoms with E-state index >= 15 is 0 Å². The number of rotatable bonds is 4. The molecule has 176 valence electrons. The Labute approximate surface area is 213 Å². The summed E-state index contributed by atoms with van der Waals surface area (Å²) in [6.45, 7) is 4.29. The Kier molecular flexibility index (Phi) is 5.87. The van der Waals surface area contributed by atoms with Crippen LogP contribution in [0.25, 0.3) is 10.8 Å². The van der Waals surface area contributed by atoms with Gasteiger partial charge >= 0.3 is 0 Å². The van der Waals surface area contributed by atoms with Crippen LogP contribution in [0.3, 0.4) is 0 Å². The molecule has 1 heterocycles. The molecule has 36 heavy (non-hydrogen) atoms. The van der Waals surface area contributed by atoms with Crippen LogP contribution in [0.15, 0.2) is 114 Å². The van der Waals surface area contributed by atoms with Gasteiger partial charge in [-0.3, -0.25) is 0 Å². The molecule has 0 amide bonds. The van der Waals surface area contributed by atoms with Gasteiger partial charge in [-0.05, 0) is 59.7 Å². The Balaban J connectivity index is 1.50. The quantitative estimate of drug-likeness (QED) is 0.263. The van der Waals surface area contributed by atoms with Crippen molar-refractivity contribution in [2.24, 2.45) is 4.99 Å². The first-order valence-electron chi connectivity index (χ1n) is 12.8. The molecule has 5 aromatic carbocycles. The SMILES string of the molecule is Cc1cccc(C)c1N=C(c1ccccc1)c1cccc2c1NC(c1cccc3ccccc13)CC2. The molecule has 1 N–H and O–H groups in total. The molecule has 5 aromatic rings. The molecule has 1 aliphatic heterocycles. The summed E-state index contributed by atoms with van der Waals surface area (Å²) in [7, 11) is 0. The normalized spacial score (nSPS) is 15.4. The minimum atomic E-state index is 0.252. The maximum absolute atomic E-state index is 5.33. The van der Waals surface area contributed by atoms with E-state index in [-0.39, 0.29) is 6.04 Å². The molecular formula is C34H30N2. The zero-order valence-electron chi connectivity index (χ0n) is 20.8. The van der Waals surface area contributed by atoms with E-state index in [9.17, 15) is 0 Å². The van der Waals surface area contributed by atoms with Gasteiger partial charge in [0.2, 0.25) is 0 Å². The molecule has 0 radical (unpaired) electrons. The molecule has 2 heteroatoms. The van der Waals surface area contributed by atoms with Crippen molar-refractivity contribution >= 4 is 27.9 Å². The Bertz CT molecular complexity index is 1550. The van der Waals surface area contributed by atoms with E-state index in [1.165, 1.54) is 38.7 Å². The Morgan fingerprint density at radius 2 is 1.42 bits per heavy atom. The first kappa shape index (κ1) is 22.3. The number of nitrogens with zero attached hydrogens (tertiary/aromatic N) is 1. The van der Waals surface area contributed by atoms with Gasteiger partial charge in [-0.1, -0.05) is 109 Å². The number of anilines is 1. The van der Waals surface area contributed by atoms with Crippen LogP contribution in [0.1, 0.15) is 45.8 Å². The first-order chi connectivity index (χ1) is 17.7. The van der Waals surface area contributed by atoms with E-state index in [1.54, 1.807) is 0 Å². The van der Waals surface area contributed by atoms with Crippen LogP contribution in [-0.2, 0) is 6.42 Å². The van der Waals surface area contributed by atoms with Crippen LogP contribution in [0.2, 0.25) is 0 Å². The molecule has 0 saturated heterocycles. The maximum Gasteiger partial charge on any atom is 0.0802 e. The third-order valence-electron chi connectivity index (χ3n) is 7.34. The van der Waals surface area contributed by atoms with E-state index in [2.05, 4.69) is 128 Å². The van der Waals surface area contributed by atoms with Crippen LogP contribution in [0, 0.1) is 13.8 Å². The number of benzene rings is 5. The predicted octanol–water partition coefficient (Wildman–Crippen LogP) is 8.73. The number of aryl methyl sites for hydroxylation is 3. The second-order valence-electron chi connectivity index (χ2n) is 9.71. The fourth-order valence-corrected chi connectivity index (χ4v) is 5.48. The maximum atomic E-state index is 5.33. The highest BCUT2D eigenvalue weighted by Crippen LogP contribution is 2.39. The molecule has 1 atom stereocenters. The first-order valence-corrected chi connectivity index (χ1v) is 12.8. The van der Waals surface area contributed by atoms with E-state index < -0.39 is 0 Å². The summed E-state index contributed by atoms with van der Waals surface area (Å²) in [4.78, 5) is 5.33. The predicted molar refractivity (Wildman–Crippen MR) is 153 cm³/mol. The number of para-hydroxylation sites is 2. The summed E-state index contributed by atoms with van der Waals surface area (Å²) < 4.78 is 0. The van der Waals surface area contributed by atoms with E-state index in [0.29, 0.717) is 0 Å². The fraction of sp³-hybridized carbons (Fsp3) is 0.147. The molecule has 6 rings (SSSR count). The number of fused-ring (bicyclic) bond motifs is 2. The summed E-state index contributed by atoms with van der Waals surface area (Å²) in [5, 5.41) is 6.57. The highest BCUT2D eigenvalue weighted by molar-refractivity contribution is 6.17. The van der Waals surface area contributed by atoms with E-state index in [1.807, 2.05) is 0 Å². The lowest BCUT2D eigenvalue weighted by Crippen LogP contribution is -2.21. The van der Waals surface area contributed by atoms with Crippen molar-refractivity contribution in [3.63, 3.8) is 0 Å². The second-order valence-corrected chi connectivity index (χ2v) is 9.71. The Hall–Kier alpha value is -4.17. The van der Waals surface area contributed by atoms with Gasteiger partial charge in [-0.15, -0.1) is 0 Å². The van der Waals surface area contributed by atoms with Gasteiger partial charge in [0.1, 0.15) is 0 Å². The van der Waals surface area contributed by atoms with Crippen LogP contribution < -0.4 is 5.32 Å². The van der Waals surface area contributed by atoms with Crippen molar-refractivity contribution in [3.8, 4) is 0 Å². The fourth-order valence-electron chi connectivity index (χ4n) is 5.48. The van der Waals surface area contributed by atoms with Gasteiger partial charge in [0.05, 0.1) is 17.4 Å². The molecule has 0 fully saturated rings. The van der Waals surface area contributed by atoms with Gasteiger partial charge in [-0.25, -0.2) is 4.99 Å². The topological polar surface area (TPSA) is 24.4 Å². The Morgan fingerprint density at radius 3 is 2.25 bits per heavy atom. The molecule has 0 aliphatic carbocycles. The average molecular weight is 467 g/mol. The number of hydrogen-bond acceptors (Lipinski definition) is 2. The summed E-state index contributed by atoms with van der Waals surface area (Å²) in [6.07, 6.45) is 2.11. The smallest absolute Gasteiger partial charge is 0.0802 e. The van der Waals surface area contributed by atoms with E-state index in [0.717, 1.165) is 35.4 Å². The highest BCUT2D eigenvalue weighted by atomic mass is 14.9. The summed E-state index contributed by atoms with van der Waals surface area (Å²) in [6, 6.07) is 39.2. The van der Waals surface area contributed by atoms with Crippen LogP contribution >= 0.6 is 0 Å². The van der Waals surface area contributed by atoms with Gasteiger partial charge in [0.25, 0.3) is 0 Å². The molecule has 2 nitrogen and oxygen atoms in total. The Morgan fingerprint density at radius 1 is 0.722 bits per heavy atom. The zero-order valence-corrected chi connectivity index (χ0v) is 20.8. The second kappa shape index (κ2) is 9.47. The average Bonchev–Trinajstić information content (AvgIpc) is 2.93. The molecule has 0 spiro atoms. The number of nitrogens with one attached hydrogen (secondary N) is 1. The van der Waals surface area contributed by atoms with Crippen LogP contribution in [-0.4, -0.2) is 5.71 Å². The number of hydrogen-bond donors (Lipinski definition) is 1. The van der Waals surface area contributed by atoms with Crippen LogP contribution in [0.5, 0.6) is 0 Å². The van der Waals surface area contributed by atoms with Crippen molar-refractivity contribution in [1.82, 2.24) is 0 Å². The van der Waals surface area contributed by atoms with Crippen molar-refractivity contribution in [2.45, 2.75) is 32.7 Å². The molecular weight excluding hydrogens is 436 g/mol. The third kappa shape index (κ3) is 4.09. The standard InChI is InChI=1S/C34H30N2/c1-23-11-8-12-24(2)32(23)36-34(26-14-4-3-5-15-26)30-20-10-17-27-21-22-31(35-33(27)30)29-19-9-16-25-13-6-7-18-28(25)29/h3-20,31,35H,21-22H2,1-2H3. The lowest BCUT2D eigenvalue weighted by atomic mass is 9.87. The summed E-state index contributed by atoms with van der Waals surface area (Å²) in [5.41, 5.74) is 10.6. The lowest BCUT2D eigenvalue weighted by Gasteiger charge is -2.30. The summed E-state index contributed by atoms with van der Waals surface area (Å²) in [5.74, 6) is 0. The van der Waals surface area contributed by atoms with Gasteiger partial charge < -0.3 is 5.32 Å². The molecule has 0 aromatic heterocycles. The summed E-state index contributed by atoms with van der Waals surface area (Å²) >= 11 is 0. The van der Waals surface area contributed by atoms with Gasteiger partial charge in [0, 0.05) is 16.8 Å². The van der Waals surface area contributed by atoms with Crippen molar-refractivity contribution < 1.29 is 0 Å². The minimum Gasteiger partial charge on any atom is -0.377 e. The molecule has 0 saturated carbocycles. The van der Waals surface area contributed by atoms with Crippen molar-refractivity contribution in [2.75, 3.05) is 5.32 Å². The number of aliphatic imine (C=N–C) groups is 1. The zero-order chi connectivity index (χ0) is 24.5. The monoisotopic (exact) mass is 466 g/mol. The van der Waals surface area contributed by atoms with Crippen LogP contribution in [0.4, 0.5) is 11.4 Å². The lowest BCUT2D eigenvalue weighted by molar-refractivity contribution is 0.672. The van der Waals surface area contributed by atoms with Crippen molar-refractivity contribution in [1.29, 1.82) is 0 Å². The third-order valence-corrected chi connectivity index (χ3v) is 7.34. The molecule has 1 unspecified atom stereocenters. The largest absolute Gasteiger partial charge is 0.377 e. The minimum absolute atomic E-state index is 0.252. The molecule has 1 aliphatic rings. The van der Waals surface area contributed by atoms with Gasteiger partial charge in [0.15, 0.2) is 0 Å². The van der Waals surface area contributed by atoms with E-state index in [4.69, 9.17) is 4.99 Å².